The van der Waals surface area contributed by atoms with Gasteiger partial charge in [0, 0.05) is 0 Å². The third kappa shape index (κ3) is 2.74. The van der Waals surface area contributed by atoms with Crippen LogP contribution in [0.2, 0.25) is 0 Å². The van der Waals surface area contributed by atoms with E-state index in [2.05, 4.69) is 39.5 Å². The average Bonchev–Trinajstić information content (AvgIpc) is 3.12. The molecule has 0 aliphatic carbocycles. The SMILES string of the molecule is O=C1N[C]2=C(C=C[CH]=[Y]2)/C1=C1/Nc2ncccc2/C1=N\OCCBr. The Labute approximate surface area is 161 Å². The van der Waals surface area contributed by atoms with Crippen molar-refractivity contribution in [3.8, 4) is 0 Å². The summed E-state index contributed by atoms with van der Waals surface area (Å²) in [6, 6.07) is 3.77. The number of pyridine rings is 1. The summed E-state index contributed by atoms with van der Waals surface area (Å²) < 4.78 is 3.31. The Bertz CT molecular complexity index is 886. The van der Waals surface area contributed by atoms with Crippen molar-refractivity contribution < 1.29 is 38.3 Å². The van der Waals surface area contributed by atoms with Crippen LogP contribution in [0.25, 0.3) is 0 Å². The summed E-state index contributed by atoms with van der Waals surface area (Å²) in [4.78, 5) is 22.3. The molecule has 6 nitrogen and oxygen atoms in total. The molecule has 1 aromatic rings. The zero-order valence-corrected chi connectivity index (χ0v) is 17.0. The second kappa shape index (κ2) is 6.82. The molecule has 118 valence electrons. The number of carbonyl (C=O) groups excluding carboxylic acids is 1. The molecule has 0 bridgehead atoms. The van der Waals surface area contributed by atoms with Gasteiger partial charge in [0.25, 0.3) is 0 Å². The molecule has 0 unspecified atom stereocenters. The minimum absolute atomic E-state index is 0.0882. The van der Waals surface area contributed by atoms with Gasteiger partial charge in [-0.3, -0.25) is 0 Å². The van der Waals surface area contributed by atoms with Crippen LogP contribution in [-0.4, -0.2) is 31.3 Å². The molecule has 2 N–H and O–H groups in total. The van der Waals surface area contributed by atoms with Gasteiger partial charge in [0.2, 0.25) is 0 Å². The fourth-order valence-electron chi connectivity index (χ4n) is 2.79. The number of rotatable bonds is 3. The van der Waals surface area contributed by atoms with Crippen LogP contribution in [0.1, 0.15) is 5.56 Å². The fraction of sp³-hybridized carbons (Fsp3) is 0.125. The molecule has 24 heavy (non-hydrogen) atoms. The molecule has 1 aromatic heterocycles. The van der Waals surface area contributed by atoms with Crippen LogP contribution < -0.4 is 10.6 Å². The molecule has 3 aliphatic heterocycles. The summed E-state index contributed by atoms with van der Waals surface area (Å²) in [5, 5.41) is 11.2. The van der Waals surface area contributed by atoms with Crippen molar-refractivity contribution in [3.63, 3.8) is 0 Å². The summed E-state index contributed by atoms with van der Waals surface area (Å²) in [6.07, 6.45) is 5.74. The number of allylic oxidation sites excluding steroid dienone is 3. The predicted octanol–water partition coefficient (Wildman–Crippen LogP) is 1.67. The summed E-state index contributed by atoms with van der Waals surface area (Å²) in [7, 11) is 0. The van der Waals surface area contributed by atoms with Crippen molar-refractivity contribution in [2.75, 3.05) is 17.3 Å². The van der Waals surface area contributed by atoms with E-state index in [-0.39, 0.29) is 5.91 Å². The normalized spacial score (nSPS) is 22.2. The van der Waals surface area contributed by atoms with Gasteiger partial charge in [-0.25, -0.2) is 0 Å². The molecule has 3 aliphatic rings. The number of nitrogens with one attached hydrogen (secondary N) is 2. The molecule has 0 spiro atoms. The van der Waals surface area contributed by atoms with Crippen molar-refractivity contribution in [1.29, 1.82) is 0 Å². The average molecular weight is 461 g/mol. The minimum atomic E-state index is -1.05. The van der Waals surface area contributed by atoms with Crippen LogP contribution in [0.15, 0.2) is 55.0 Å². The molecule has 0 atom stereocenters. The maximum atomic E-state index is 12.6. The third-order valence-corrected chi connectivity index (χ3v) is 7.07. The van der Waals surface area contributed by atoms with Gasteiger partial charge in [0.05, 0.1) is 0 Å². The molecule has 8 heteroatoms. The molecular weight excluding hydrogens is 449 g/mol. The fourth-order valence-corrected chi connectivity index (χ4v) is 5.52. The van der Waals surface area contributed by atoms with Crippen LogP contribution >= 0.6 is 15.9 Å². The predicted molar refractivity (Wildman–Crippen MR) is 91.5 cm³/mol. The number of amides is 1. The maximum absolute atomic E-state index is 12.6. The Morgan fingerprint density at radius 2 is 2.29 bits per heavy atom. The Kier molecular flexibility index (Phi) is 4.56. The van der Waals surface area contributed by atoms with E-state index in [1.165, 1.54) is 0 Å². The Balaban J connectivity index is 1.86. The van der Waals surface area contributed by atoms with Crippen molar-refractivity contribution in [2.45, 2.75) is 0 Å². The van der Waals surface area contributed by atoms with Gasteiger partial charge in [0.1, 0.15) is 0 Å². The van der Waals surface area contributed by atoms with Crippen molar-refractivity contribution >= 4 is 36.2 Å². The number of nitrogens with zero attached hydrogens (tertiary/aromatic N) is 2. The molecule has 4 rings (SSSR count). The van der Waals surface area contributed by atoms with Crippen LogP contribution in [0.3, 0.4) is 0 Å². The standard InChI is InChI=1S/C16H12BrN4O2.Y/c1-2-4-10-9-19-16(22)12(10)14-13(21-23-8-6-17)11-5-3-7-18-15(11)20-14;/h1-5,7H,6,8H2,(H,18,20)(H,19,22);/b4-2?,14-12-,21-13+;. The van der Waals surface area contributed by atoms with Gasteiger partial charge in [-0.15, -0.1) is 0 Å². The number of aromatic nitrogens is 1. The topological polar surface area (TPSA) is 75.6 Å². The number of carbonyl (C=O) groups is 1. The van der Waals surface area contributed by atoms with Gasteiger partial charge < -0.3 is 0 Å². The summed E-state index contributed by atoms with van der Waals surface area (Å²) >= 11 is 2.27. The van der Waals surface area contributed by atoms with E-state index in [0.717, 1.165) is 13.6 Å². The van der Waals surface area contributed by atoms with E-state index in [0.29, 0.717) is 34.7 Å². The van der Waals surface area contributed by atoms with Crippen molar-refractivity contribution in [3.05, 3.63) is 55.4 Å². The number of oxime groups is 1. The van der Waals surface area contributed by atoms with E-state index in [9.17, 15) is 4.79 Å². The Hall–Kier alpha value is -1.44. The molecule has 0 saturated heterocycles. The first-order chi connectivity index (χ1) is 11.8. The van der Waals surface area contributed by atoms with E-state index >= 15 is 0 Å². The van der Waals surface area contributed by atoms with Crippen LogP contribution in [0.4, 0.5) is 5.82 Å². The monoisotopic (exact) mass is 460 g/mol. The van der Waals surface area contributed by atoms with E-state index in [4.69, 9.17) is 4.84 Å². The Morgan fingerprint density at radius 1 is 1.38 bits per heavy atom. The number of hydrogen-bond donors (Lipinski definition) is 2. The van der Waals surface area contributed by atoms with E-state index in [1.807, 2.05) is 24.3 Å². The molecule has 0 saturated carbocycles. The van der Waals surface area contributed by atoms with Crippen LogP contribution in [0, 0.1) is 0 Å². The van der Waals surface area contributed by atoms with Crippen molar-refractivity contribution in [2.24, 2.45) is 5.16 Å². The van der Waals surface area contributed by atoms with Gasteiger partial charge in [0.15, 0.2) is 0 Å². The first-order valence-electron chi connectivity index (χ1n) is 7.43. The summed E-state index contributed by atoms with van der Waals surface area (Å²) in [5.74, 6) is 0.603. The molecule has 1 amide bonds. The van der Waals surface area contributed by atoms with Crippen LogP contribution in [-0.2, 0) is 38.3 Å². The zero-order chi connectivity index (χ0) is 16.5. The van der Waals surface area contributed by atoms with Crippen LogP contribution in [0.5, 0.6) is 0 Å². The van der Waals surface area contributed by atoms with E-state index in [1.54, 1.807) is 6.20 Å². The second-order valence-corrected chi connectivity index (χ2v) is 9.21. The van der Waals surface area contributed by atoms with Gasteiger partial charge in [-0.1, -0.05) is 0 Å². The van der Waals surface area contributed by atoms with Gasteiger partial charge >= 0.3 is 163 Å². The molecule has 0 aromatic carbocycles. The molecule has 4 heterocycles. The second-order valence-electron chi connectivity index (χ2n) is 5.24. The van der Waals surface area contributed by atoms with Crippen molar-refractivity contribution in [1.82, 2.24) is 10.3 Å². The summed E-state index contributed by atoms with van der Waals surface area (Å²) in [5.41, 5.74) is 3.72. The number of halogens is 1. The number of fused-ring (bicyclic) bond motifs is 1. The van der Waals surface area contributed by atoms with Gasteiger partial charge in [-0.2, -0.15) is 0 Å². The number of alkyl halides is 1. The van der Waals surface area contributed by atoms with E-state index < -0.39 is 28.7 Å². The summed E-state index contributed by atoms with van der Waals surface area (Å²) in [6.45, 7) is 0.451. The molecule has 0 fully saturated rings. The zero-order valence-electron chi connectivity index (χ0n) is 12.5. The molecule has 0 radical (unpaired) electrons. The first kappa shape index (κ1) is 16.1. The number of anilines is 1. The quantitative estimate of drug-likeness (QED) is 0.311. The first-order valence-corrected chi connectivity index (χ1v) is 11.6. The third-order valence-electron chi connectivity index (χ3n) is 3.79. The van der Waals surface area contributed by atoms with Gasteiger partial charge in [-0.05, 0) is 0 Å². The molecular formula is C16H12BrN4O2Y. The Morgan fingerprint density at radius 3 is 3.17 bits per heavy atom. The number of hydrogen-bond acceptors (Lipinski definition) is 5.